The molecular weight excluding hydrogens is 338 g/mol. The van der Waals surface area contributed by atoms with Crippen LogP contribution >= 0.6 is 0 Å². The highest BCUT2D eigenvalue weighted by molar-refractivity contribution is 5.78. The van der Waals surface area contributed by atoms with E-state index < -0.39 is 11.6 Å². The van der Waals surface area contributed by atoms with Gasteiger partial charge in [0.15, 0.2) is 11.6 Å². The summed E-state index contributed by atoms with van der Waals surface area (Å²) in [5.74, 6) is -1.51. The Labute approximate surface area is 149 Å². The van der Waals surface area contributed by atoms with Crippen LogP contribution in [0.2, 0.25) is 0 Å². The second kappa shape index (κ2) is 6.64. The molecule has 4 rings (SSSR count). The van der Waals surface area contributed by atoms with Crippen LogP contribution in [0.4, 0.5) is 8.78 Å². The quantitative estimate of drug-likeness (QED) is 0.773. The maximum atomic E-state index is 13.9. The number of benzene rings is 1. The molecule has 1 saturated carbocycles. The molecule has 1 aliphatic carbocycles. The number of nitrogens with zero attached hydrogens (tertiary/aromatic N) is 3. The molecule has 1 fully saturated rings. The van der Waals surface area contributed by atoms with Gasteiger partial charge in [-0.15, -0.1) is 0 Å². The summed E-state index contributed by atoms with van der Waals surface area (Å²) in [6.45, 7) is 1.86. The summed E-state index contributed by atoms with van der Waals surface area (Å²) in [4.78, 5) is 8.63. The van der Waals surface area contributed by atoms with Crippen molar-refractivity contribution in [3.63, 3.8) is 0 Å². The first-order chi connectivity index (χ1) is 12.6. The van der Waals surface area contributed by atoms with E-state index in [2.05, 4.69) is 14.5 Å². The molecule has 0 saturated heterocycles. The van der Waals surface area contributed by atoms with Gasteiger partial charge in [0, 0.05) is 36.2 Å². The topological polar surface area (TPSA) is 66.0 Å². The zero-order chi connectivity index (χ0) is 18.3. The molecule has 0 bridgehead atoms. The van der Waals surface area contributed by atoms with Gasteiger partial charge < -0.3 is 15.0 Å². The van der Waals surface area contributed by atoms with E-state index in [0.29, 0.717) is 5.75 Å². The Balaban J connectivity index is 1.54. The fourth-order valence-electron chi connectivity index (χ4n) is 3.72. The minimum atomic E-state index is -0.928. The summed E-state index contributed by atoms with van der Waals surface area (Å²) in [5.41, 5.74) is 7.52. The van der Waals surface area contributed by atoms with Crippen LogP contribution in [0, 0.1) is 18.6 Å². The zero-order valence-corrected chi connectivity index (χ0v) is 14.5. The van der Waals surface area contributed by atoms with E-state index in [1.165, 1.54) is 6.07 Å². The molecule has 5 nitrogen and oxygen atoms in total. The molecular formula is C19H20F2N4O. The third kappa shape index (κ3) is 2.82. The Morgan fingerprint density at radius 3 is 2.88 bits per heavy atom. The lowest BCUT2D eigenvalue weighted by atomic mass is 10.1. The van der Waals surface area contributed by atoms with Gasteiger partial charge in [-0.1, -0.05) is 0 Å². The van der Waals surface area contributed by atoms with Gasteiger partial charge in [0.05, 0.1) is 5.69 Å². The van der Waals surface area contributed by atoms with E-state index in [9.17, 15) is 8.78 Å². The predicted molar refractivity (Wildman–Crippen MR) is 93.8 cm³/mol. The van der Waals surface area contributed by atoms with Gasteiger partial charge >= 0.3 is 0 Å². The largest absolute Gasteiger partial charge is 0.490 e. The number of hydrogen-bond acceptors (Lipinski definition) is 4. The van der Waals surface area contributed by atoms with Crippen LogP contribution in [0.3, 0.4) is 0 Å². The lowest BCUT2D eigenvalue weighted by molar-refractivity contribution is 0.201. The average Bonchev–Trinajstić information content (AvgIpc) is 3.26. The lowest BCUT2D eigenvalue weighted by Gasteiger charge is -2.18. The third-order valence-electron chi connectivity index (χ3n) is 5.11. The summed E-state index contributed by atoms with van der Waals surface area (Å²) >= 11 is 0. The number of aryl methyl sites for hydroxylation is 1. The number of halogens is 2. The van der Waals surface area contributed by atoms with Crippen molar-refractivity contribution in [1.29, 1.82) is 0 Å². The van der Waals surface area contributed by atoms with Crippen LogP contribution in [0.25, 0.3) is 11.0 Å². The monoisotopic (exact) mass is 358 g/mol. The second-order valence-electron chi connectivity index (χ2n) is 6.67. The van der Waals surface area contributed by atoms with Crippen LogP contribution in [0.5, 0.6) is 5.75 Å². The Morgan fingerprint density at radius 1 is 1.23 bits per heavy atom. The van der Waals surface area contributed by atoms with Crippen molar-refractivity contribution < 1.29 is 13.5 Å². The summed E-state index contributed by atoms with van der Waals surface area (Å²) in [5, 5.41) is 1.04. The second-order valence-corrected chi connectivity index (χ2v) is 6.67. The number of nitrogens with two attached hydrogens (primary N) is 1. The van der Waals surface area contributed by atoms with Crippen molar-refractivity contribution in [3.8, 4) is 5.75 Å². The van der Waals surface area contributed by atoms with Gasteiger partial charge in [0.25, 0.3) is 0 Å². The minimum absolute atomic E-state index is 0.0736. The Bertz CT molecular complexity index is 956. The normalized spacial score (nSPS) is 20.0. The number of rotatable bonds is 4. The molecule has 3 aromatic rings. The van der Waals surface area contributed by atoms with E-state index in [1.807, 2.05) is 19.2 Å². The number of aromatic nitrogens is 3. The smallest absolute Gasteiger partial charge is 0.167 e. The predicted octanol–water partition coefficient (Wildman–Crippen LogP) is 3.65. The number of fused-ring (bicyclic) bond motifs is 1. The molecule has 2 heterocycles. The zero-order valence-electron chi connectivity index (χ0n) is 14.5. The van der Waals surface area contributed by atoms with Crippen LogP contribution < -0.4 is 10.5 Å². The van der Waals surface area contributed by atoms with Crippen molar-refractivity contribution in [3.05, 3.63) is 53.6 Å². The lowest BCUT2D eigenvalue weighted by Crippen LogP contribution is -2.16. The Kier molecular flexibility index (Phi) is 4.32. The maximum Gasteiger partial charge on any atom is 0.167 e. The molecule has 1 aliphatic rings. The van der Waals surface area contributed by atoms with Crippen LogP contribution in [0.15, 0.2) is 30.7 Å². The molecule has 0 spiro atoms. The molecule has 136 valence electrons. The van der Waals surface area contributed by atoms with Gasteiger partial charge in [-0.2, -0.15) is 0 Å². The molecule has 0 aliphatic heterocycles. The van der Waals surface area contributed by atoms with E-state index in [-0.39, 0.29) is 24.3 Å². The van der Waals surface area contributed by atoms with E-state index in [4.69, 9.17) is 10.5 Å². The standard InChI is InChI=1S/C19H20F2N4O/c1-11-14-6-7-25(19(14)24-10-23-11)12-2-3-13(8-12)26-17-5-4-16(20)18(21)15(17)9-22/h4-7,10,12-13H,2-3,8-9,22H2,1H3. The SMILES string of the molecule is Cc1ncnc2c1ccn2C1CCC(Oc2ccc(F)c(F)c2CN)C1. The Hall–Kier alpha value is -2.54. The highest BCUT2D eigenvalue weighted by Crippen LogP contribution is 2.36. The fraction of sp³-hybridized carbons (Fsp3) is 0.368. The average molecular weight is 358 g/mol. The minimum Gasteiger partial charge on any atom is -0.490 e. The van der Waals surface area contributed by atoms with E-state index in [0.717, 1.165) is 42.1 Å². The summed E-state index contributed by atoms with van der Waals surface area (Å²) in [6.07, 6.45) is 6.07. The molecule has 2 atom stereocenters. The van der Waals surface area contributed by atoms with Gasteiger partial charge in [-0.05, 0) is 38.0 Å². The van der Waals surface area contributed by atoms with Crippen molar-refractivity contribution in [2.75, 3.05) is 0 Å². The maximum absolute atomic E-state index is 13.9. The molecule has 0 radical (unpaired) electrons. The van der Waals surface area contributed by atoms with Crippen LogP contribution in [-0.2, 0) is 6.54 Å². The van der Waals surface area contributed by atoms with Crippen molar-refractivity contribution in [2.45, 2.75) is 44.9 Å². The first-order valence-electron chi connectivity index (χ1n) is 8.70. The van der Waals surface area contributed by atoms with Gasteiger partial charge in [-0.3, -0.25) is 0 Å². The highest BCUT2D eigenvalue weighted by Gasteiger charge is 2.29. The number of hydrogen-bond donors (Lipinski definition) is 1. The van der Waals surface area contributed by atoms with Crippen LogP contribution in [-0.4, -0.2) is 20.6 Å². The molecule has 2 unspecified atom stereocenters. The van der Waals surface area contributed by atoms with Crippen LogP contribution in [0.1, 0.15) is 36.6 Å². The van der Waals surface area contributed by atoms with E-state index in [1.54, 1.807) is 6.33 Å². The van der Waals surface area contributed by atoms with Gasteiger partial charge in [0.2, 0.25) is 0 Å². The molecule has 1 aromatic carbocycles. The highest BCUT2D eigenvalue weighted by atomic mass is 19.2. The Morgan fingerprint density at radius 2 is 2.08 bits per heavy atom. The first kappa shape index (κ1) is 16.9. The first-order valence-corrected chi connectivity index (χ1v) is 8.70. The summed E-state index contributed by atoms with van der Waals surface area (Å²) < 4.78 is 35.4. The molecule has 26 heavy (non-hydrogen) atoms. The summed E-state index contributed by atoms with van der Waals surface area (Å²) in [6, 6.07) is 4.81. The van der Waals surface area contributed by atoms with Gasteiger partial charge in [-0.25, -0.2) is 18.7 Å². The third-order valence-corrected chi connectivity index (χ3v) is 5.11. The van der Waals surface area contributed by atoms with Crippen molar-refractivity contribution >= 4 is 11.0 Å². The molecule has 7 heteroatoms. The van der Waals surface area contributed by atoms with Crippen molar-refractivity contribution in [2.24, 2.45) is 5.73 Å². The fourth-order valence-corrected chi connectivity index (χ4v) is 3.72. The van der Waals surface area contributed by atoms with E-state index >= 15 is 0 Å². The number of ether oxygens (including phenoxy) is 1. The molecule has 2 aromatic heterocycles. The summed E-state index contributed by atoms with van der Waals surface area (Å²) in [7, 11) is 0. The van der Waals surface area contributed by atoms with Gasteiger partial charge in [0.1, 0.15) is 23.8 Å². The van der Waals surface area contributed by atoms with Crippen molar-refractivity contribution in [1.82, 2.24) is 14.5 Å². The molecule has 2 N–H and O–H groups in total. The molecule has 0 amide bonds.